The zero-order valence-corrected chi connectivity index (χ0v) is 15.4. The van der Waals surface area contributed by atoms with Gasteiger partial charge in [0.1, 0.15) is 5.69 Å². The van der Waals surface area contributed by atoms with Gasteiger partial charge in [-0.15, -0.1) is 0 Å². The van der Waals surface area contributed by atoms with Crippen molar-refractivity contribution in [3.63, 3.8) is 0 Å². The molecule has 1 atom stereocenters. The smallest absolute Gasteiger partial charge is 0.274 e. The Bertz CT molecular complexity index is 1070. The van der Waals surface area contributed by atoms with Gasteiger partial charge in [0, 0.05) is 30.4 Å². The van der Waals surface area contributed by atoms with Crippen LogP contribution < -0.4 is 5.56 Å². The number of likely N-dealkylation sites (tertiary alicyclic amines) is 1. The molecule has 0 spiro atoms. The molecule has 0 radical (unpaired) electrons. The Morgan fingerprint density at radius 3 is 3.00 bits per heavy atom. The lowest BCUT2D eigenvalue weighted by molar-refractivity contribution is 0.0663. The Labute approximate surface area is 161 Å². The molecule has 8 heteroatoms. The molecule has 0 unspecified atom stereocenters. The van der Waals surface area contributed by atoms with Gasteiger partial charge in [0.2, 0.25) is 0 Å². The number of nitrogens with zero attached hydrogens (tertiary/aromatic N) is 4. The Morgan fingerprint density at radius 2 is 2.14 bits per heavy atom. The maximum absolute atomic E-state index is 13.1. The van der Waals surface area contributed by atoms with Gasteiger partial charge in [-0.2, -0.15) is 10.2 Å². The molecule has 144 valence electrons. The van der Waals surface area contributed by atoms with Crippen LogP contribution in [0.25, 0.3) is 11.5 Å². The van der Waals surface area contributed by atoms with Gasteiger partial charge in [-0.25, -0.2) is 4.68 Å². The van der Waals surface area contributed by atoms with E-state index in [1.807, 2.05) is 6.07 Å². The van der Waals surface area contributed by atoms with Crippen molar-refractivity contribution >= 4 is 5.91 Å². The van der Waals surface area contributed by atoms with E-state index in [0.717, 1.165) is 43.4 Å². The number of aromatic nitrogens is 4. The molecule has 1 fully saturated rings. The summed E-state index contributed by atoms with van der Waals surface area (Å²) < 4.78 is 6.89. The lowest BCUT2D eigenvalue weighted by Gasteiger charge is -2.32. The molecule has 1 aliphatic carbocycles. The Kier molecular flexibility index (Phi) is 4.11. The molecular formula is C20H21N5O3. The molecular weight excluding hydrogens is 358 g/mol. The van der Waals surface area contributed by atoms with Crippen LogP contribution in [0, 0.1) is 0 Å². The summed E-state index contributed by atoms with van der Waals surface area (Å²) in [6.45, 7) is 1.12. The van der Waals surface area contributed by atoms with Crippen molar-refractivity contribution in [2.24, 2.45) is 0 Å². The first-order valence-corrected chi connectivity index (χ1v) is 9.70. The predicted octanol–water partition coefficient (Wildman–Crippen LogP) is 2.19. The highest BCUT2D eigenvalue weighted by Gasteiger charge is 2.31. The van der Waals surface area contributed by atoms with Crippen molar-refractivity contribution in [1.82, 2.24) is 24.9 Å². The third kappa shape index (κ3) is 2.85. The summed E-state index contributed by atoms with van der Waals surface area (Å²) in [5, 5.41) is 11.8. The number of fused-ring (bicyclic) bond motifs is 1. The van der Waals surface area contributed by atoms with Crippen LogP contribution >= 0.6 is 0 Å². The summed E-state index contributed by atoms with van der Waals surface area (Å²) in [5.74, 6) is 0.559. The van der Waals surface area contributed by atoms with Crippen LogP contribution in [0.1, 0.15) is 47.1 Å². The van der Waals surface area contributed by atoms with Crippen molar-refractivity contribution in [1.29, 1.82) is 0 Å². The van der Waals surface area contributed by atoms with Crippen LogP contribution in [-0.4, -0.2) is 43.9 Å². The molecule has 3 aromatic rings. The zero-order chi connectivity index (χ0) is 19.1. The molecule has 0 aromatic carbocycles. The molecule has 8 nitrogen and oxygen atoms in total. The minimum Gasteiger partial charge on any atom is -0.463 e. The van der Waals surface area contributed by atoms with E-state index in [1.165, 1.54) is 10.7 Å². The molecule has 0 bridgehead atoms. The van der Waals surface area contributed by atoms with E-state index in [0.29, 0.717) is 30.2 Å². The normalized spacial score (nSPS) is 19.0. The molecule has 1 N–H and O–H groups in total. The van der Waals surface area contributed by atoms with E-state index in [2.05, 4.69) is 15.3 Å². The maximum Gasteiger partial charge on any atom is 0.274 e. The topological polar surface area (TPSA) is 97.0 Å². The van der Waals surface area contributed by atoms with Crippen LogP contribution in [-0.2, 0) is 12.8 Å². The second-order valence-corrected chi connectivity index (χ2v) is 7.41. The summed E-state index contributed by atoms with van der Waals surface area (Å²) in [4.78, 5) is 27.3. The minimum absolute atomic E-state index is 0.0562. The van der Waals surface area contributed by atoms with E-state index in [-0.39, 0.29) is 17.5 Å². The van der Waals surface area contributed by atoms with Crippen LogP contribution in [0.5, 0.6) is 0 Å². The second kappa shape index (κ2) is 6.78. The van der Waals surface area contributed by atoms with Gasteiger partial charge in [0.15, 0.2) is 11.5 Å². The fourth-order valence-corrected chi connectivity index (χ4v) is 4.23. The molecule has 0 saturated carbocycles. The monoisotopic (exact) mass is 379 g/mol. The number of aryl methyl sites for hydroxylation is 1. The highest BCUT2D eigenvalue weighted by molar-refractivity contribution is 5.94. The Morgan fingerprint density at radius 1 is 1.21 bits per heavy atom. The zero-order valence-electron chi connectivity index (χ0n) is 15.4. The van der Waals surface area contributed by atoms with E-state index < -0.39 is 0 Å². The highest BCUT2D eigenvalue weighted by Crippen LogP contribution is 2.27. The number of hydrogen-bond donors (Lipinski definition) is 1. The lowest BCUT2D eigenvalue weighted by Crippen LogP contribution is -2.43. The van der Waals surface area contributed by atoms with Crippen molar-refractivity contribution < 1.29 is 9.21 Å². The van der Waals surface area contributed by atoms with Gasteiger partial charge in [-0.3, -0.25) is 14.7 Å². The van der Waals surface area contributed by atoms with E-state index >= 15 is 0 Å². The minimum atomic E-state index is -0.171. The van der Waals surface area contributed by atoms with Gasteiger partial charge in [-0.1, -0.05) is 0 Å². The third-order valence-corrected chi connectivity index (χ3v) is 5.64. The highest BCUT2D eigenvalue weighted by atomic mass is 16.3. The quantitative estimate of drug-likeness (QED) is 0.752. The van der Waals surface area contributed by atoms with Crippen LogP contribution in [0.3, 0.4) is 0 Å². The maximum atomic E-state index is 13.1. The van der Waals surface area contributed by atoms with Crippen molar-refractivity contribution in [2.45, 2.75) is 38.1 Å². The summed E-state index contributed by atoms with van der Waals surface area (Å²) in [7, 11) is 0. The lowest BCUT2D eigenvalue weighted by atomic mass is 10.0. The number of carbonyl (C=O) groups excluding carboxylic acids is 1. The molecule has 1 saturated heterocycles. The summed E-state index contributed by atoms with van der Waals surface area (Å²) in [5.41, 5.74) is 3.12. The van der Waals surface area contributed by atoms with Gasteiger partial charge >= 0.3 is 0 Å². The number of amides is 1. The average Bonchev–Trinajstić information content (AvgIpc) is 3.46. The molecule has 5 rings (SSSR count). The van der Waals surface area contributed by atoms with Crippen LogP contribution in [0.2, 0.25) is 0 Å². The van der Waals surface area contributed by atoms with Gasteiger partial charge in [0.05, 0.1) is 12.3 Å². The standard InChI is InChI=1S/C20H21N5O3/c26-18-9-8-16(17-7-3-11-28-17)23-25(18)13-4-2-10-24(12-13)20(27)19-14-5-1-6-15(14)21-22-19/h3,7-9,11,13H,1-2,4-6,10,12H2,(H,21,22)/t13-/m0/s1. The number of nitrogens with one attached hydrogen (secondary N) is 1. The second-order valence-electron chi connectivity index (χ2n) is 7.41. The number of hydrogen-bond acceptors (Lipinski definition) is 5. The number of piperidine rings is 1. The number of carbonyl (C=O) groups is 1. The fourth-order valence-electron chi connectivity index (χ4n) is 4.23. The van der Waals surface area contributed by atoms with Crippen molar-refractivity contribution in [3.8, 4) is 11.5 Å². The number of aromatic amines is 1. The van der Waals surface area contributed by atoms with Gasteiger partial charge in [-0.05, 0) is 50.3 Å². The first-order chi connectivity index (χ1) is 13.7. The summed E-state index contributed by atoms with van der Waals surface area (Å²) in [6.07, 6.45) is 6.12. The molecule has 1 amide bonds. The SMILES string of the molecule is O=C(c1n[nH]c2c1CCC2)N1CCC[C@H](n2nc(-c3ccco3)ccc2=O)C1. The fraction of sp³-hybridized carbons (Fsp3) is 0.400. The number of rotatable bonds is 3. The third-order valence-electron chi connectivity index (χ3n) is 5.64. The first-order valence-electron chi connectivity index (χ1n) is 9.70. The van der Waals surface area contributed by atoms with Crippen LogP contribution in [0.15, 0.2) is 39.7 Å². The summed E-state index contributed by atoms with van der Waals surface area (Å²) in [6, 6.07) is 6.61. The number of furan rings is 1. The van der Waals surface area contributed by atoms with E-state index in [9.17, 15) is 9.59 Å². The van der Waals surface area contributed by atoms with Crippen molar-refractivity contribution in [2.75, 3.05) is 13.1 Å². The Balaban J connectivity index is 1.41. The van der Waals surface area contributed by atoms with E-state index in [4.69, 9.17) is 4.42 Å². The summed E-state index contributed by atoms with van der Waals surface area (Å²) >= 11 is 0. The largest absolute Gasteiger partial charge is 0.463 e. The number of H-pyrrole nitrogens is 1. The molecule has 4 heterocycles. The van der Waals surface area contributed by atoms with Gasteiger partial charge < -0.3 is 9.32 Å². The van der Waals surface area contributed by atoms with Crippen molar-refractivity contribution in [3.05, 3.63) is 57.8 Å². The van der Waals surface area contributed by atoms with E-state index in [1.54, 1.807) is 23.3 Å². The first kappa shape index (κ1) is 17.0. The molecule has 28 heavy (non-hydrogen) atoms. The molecule has 2 aliphatic rings. The average molecular weight is 379 g/mol. The molecule has 3 aromatic heterocycles. The predicted molar refractivity (Wildman–Crippen MR) is 101 cm³/mol. The molecule has 1 aliphatic heterocycles. The van der Waals surface area contributed by atoms with Crippen LogP contribution in [0.4, 0.5) is 0 Å². The Hall–Kier alpha value is -3.16. The van der Waals surface area contributed by atoms with Gasteiger partial charge in [0.25, 0.3) is 11.5 Å².